The van der Waals surface area contributed by atoms with Gasteiger partial charge in [0.1, 0.15) is 5.84 Å². The van der Waals surface area contributed by atoms with Crippen molar-refractivity contribution in [2.75, 3.05) is 26.2 Å². The minimum absolute atomic E-state index is 0.0794. The lowest BCUT2D eigenvalue weighted by molar-refractivity contribution is 0.251. The van der Waals surface area contributed by atoms with E-state index in [0.717, 1.165) is 13.1 Å². The molecular weight excluding hydrogens is 204 g/mol. The minimum Gasteiger partial charge on any atom is -0.409 e. The van der Waals surface area contributed by atoms with Gasteiger partial charge in [0.25, 0.3) is 0 Å². The number of oxime groups is 1. The van der Waals surface area contributed by atoms with Crippen molar-refractivity contribution >= 4 is 5.84 Å². The number of likely N-dealkylation sites (tertiary alicyclic amines) is 1. The van der Waals surface area contributed by atoms with Crippen molar-refractivity contribution in [1.29, 1.82) is 0 Å². The topological polar surface area (TPSA) is 73.9 Å². The van der Waals surface area contributed by atoms with Crippen LogP contribution >= 0.6 is 0 Å². The van der Waals surface area contributed by atoms with Crippen LogP contribution in [0.3, 0.4) is 0 Å². The van der Waals surface area contributed by atoms with Gasteiger partial charge in [0.2, 0.25) is 0 Å². The fraction of sp³-hybridized carbons (Fsp3) is 0.909. The van der Waals surface area contributed by atoms with Crippen LogP contribution in [0.15, 0.2) is 5.16 Å². The lowest BCUT2D eigenvalue weighted by Gasteiger charge is -2.24. The largest absolute Gasteiger partial charge is 0.409 e. The van der Waals surface area contributed by atoms with Gasteiger partial charge in [0.05, 0.1) is 0 Å². The molecule has 2 atom stereocenters. The molecule has 1 aliphatic rings. The van der Waals surface area contributed by atoms with Crippen molar-refractivity contribution in [3.8, 4) is 0 Å². The Balaban J connectivity index is 2.14. The first kappa shape index (κ1) is 13.3. The highest BCUT2D eigenvalue weighted by Crippen LogP contribution is 2.10. The van der Waals surface area contributed by atoms with E-state index in [9.17, 15) is 0 Å². The second-order valence-corrected chi connectivity index (χ2v) is 4.68. The molecule has 2 unspecified atom stereocenters. The second-order valence-electron chi connectivity index (χ2n) is 4.68. The van der Waals surface area contributed by atoms with Crippen LogP contribution in [0, 0.1) is 5.92 Å². The molecule has 0 bridgehead atoms. The molecule has 5 heteroatoms. The molecule has 0 aliphatic carbocycles. The first-order chi connectivity index (χ1) is 7.65. The third kappa shape index (κ3) is 3.98. The standard InChI is InChI=1S/C11H24N4O/c1-9(11(12)14-16)7-13-8-10(2)15-5-3-4-6-15/h9-10,13,16H,3-8H2,1-2H3,(H2,12,14). The molecule has 0 aromatic rings. The fourth-order valence-electron chi connectivity index (χ4n) is 2.02. The van der Waals surface area contributed by atoms with Gasteiger partial charge in [-0.1, -0.05) is 12.1 Å². The summed E-state index contributed by atoms with van der Waals surface area (Å²) in [4.78, 5) is 2.50. The quantitative estimate of drug-likeness (QED) is 0.267. The van der Waals surface area contributed by atoms with Gasteiger partial charge in [-0.15, -0.1) is 0 Å². The summed E-state index contributed by atoms with van der Waals surface area (Å²) < 4.78 is 0. The van der Waals surface area contributed by atoms with Crippen molar-refractivity contribution in [3.05, 3.63) is 0 Å². The zero-order valence-electron chi connectivity index (χ0n) is 10.3. The maximum Gasteiger partial charge on any atom is 0.143 e. The number of nitrogens with zero attached hydrogens (tertiary/aromatic N) is 2. The van der Waals surface area contributed by atoms with E-state index in [1.165, 1.54) is 25.9 Å². The van der Waals surface area contributed by atoms with Crippen LogP contribution in [0.25, 0.3) is 0 Å². The Kier molecular flexibility index (Phi) is 5.55. The molecule has 0 aromatic carbocycles. The average molecular weight is 228 g/mol. The van der Waals surface area contributed by atoms with Crippen molar-refractivity contribution in [2.24, 2.45) is 16.8 Å². The Hall–Kier alpha value is -0.810. The van der Waals surface area contributed by atoms with Crippen LogP contribution < -0.4 is 11.1 Å². The molecule has 1 fully saturated rings. The van der Waals surface area contributed by atoms with E-state index in [-0.39, 0.29) is 5.92 Å². The molecule has 1 rings (SSSR count). The van der Waals surface area contributed by atoms with Crippen LogP contribution in [-0.4, -0.2) is 48.2 Å². The zero-order valence-corrected chi connectivity index (χ0v) is 10.3. The number of hydrogen-bond donors (Lipinski definition) is 3. The van der Waals surface area contributed by atoms with E-state index < -0.39 is 0 Å². The Morgan fingerprint density at radius 2 is 2.00 bits per heavy atom. The van der Waals surface area contributed by atoms with Crippen molar-refractivity contribution < 1.29 is 5.21 Å². The fourth-order valence-corrected chi connectivity index (χ4v) is 2.02. The van der Waals surface area contributed by atoms with Crippen LogP contribution in [-0.2, 0) is 0 Å². The lowest BCUT2D eigenvalue weighted by Crippen LogP contribution is -2.41. The van der Waals surface area contributed by atoms with Gasteiger partial charge in [0, 0.05) is 25.0 Å². The number of nitrogens with one attached hydrogen (secondary N) is 1. The van der Waals surface area contributed by atoms with Gasteiger partial charge in [-0.2, -0.15) is 0 Å². The molecule has 0 amide bonds. The van der Waals surface area contributed by atoms with E-state index in [4.69, 9.17) is 10.9 Å². The Labute approximate surface area is 97.7 Å². The molecular formula is C11H24N4O. The normalized spacial score (nSPS) is 22.2. The minimum atomic E-state index is 0.0794. The molecule has 0 spiro atoms. The van der Waals surface area contributed by atoms with Gasteiger partial charge >= 0.3 is 0 Å². The van der Waals surface area contributed by atoms with Gasteiger partial charge in [0.15, 0.2) is 0 Å². The lowest BCUT2D eigenvalue weighted by atomic mass is 10.1. The molecule has 1 aliphatic heterocycles. The summed E-state index contributed by atoms with van der Waals surface area (Å²) in [6.07, 6.45) is 2.65. The second kappa shape index (κ2) is 6.70. The highest BCUT2D eigenvalue weighted by atomic mass is 16.4. The van der Waals surface area contributed by atoms with Crippen molar-refractivity contribution in [1.82, 2.24) is 10.2 Å². The van der Waals surface area contributed by atoms with Crippen LogP contribution in [0.1, 0.15) is 26.7 Å². The first-order valence-corrected chi connectivity index (χ1v) is 6.07. The summed E-state index contributed by atoms with van der Waals surface area (Å²) in [6.45, 7) is 8.35. The van der Waals surface area contributed by atoms with E-state index in [0.29, 0.717) is 11.9 Å². The molecule has 4 N–H and O–H groups in total. The highest BCUT2D eigenvalue weighted by molar-refractivity contribution is 5.82. The highest BCUT2D eigenvalue weighted by Gasteiger charge is 2.17. The van der Waals surface area contributed by atoms with Crippen molar-refractivity contribution in [3.63, 3.8) is 0 Å². The molecule has 94 valence electrons. The van der Waals surface area contributed by atoms with Gasteiger partial charge in [-0.3, -0.25) is 4.90 Å². The summed E-state index contributed by atoms with van der Waals surface area (Å²) in [5.41, 5.74) is 5.51. The van der Waals surface area contributed by atoms with E-state index >= 15 is 0 Å². The molecule has 1 saturated heterocycles. The Morgan fingerprint density at radius 3 is 2.56 bits per heavy atom. The van der Waals surface area contributed by atoms with Crippen LogP contribution in [0.4, 0.5) is 0 Å². The molecule has 0 saturated carbocycles. The number of amidine groups is 1. The summed E-state index contributed by atoms with van der Waals surface area (Å²) >= 11 is 0. The van der Waals surface area contributed by atoms with E-state index in [2.05, 4.69) is 22.3 Å². The Bertz CT molecular complexity index is 226. The third-order valence-corrected chi connectivity index (χ3v) is 3.27. The number of nitrogens with two attached hydrogens (primary N) is 1. The first-order valence-electron chi connectivity index (χ1n) is 6.07. The molecule has 16 heavy (non-hydrogen) atoms. The van der Waals surface area contributed by atoms with Crippen LogP contribution in [0.5, 0.6) is 0 Å². The maximum absolute atomic E-state index is 8.51. The van der Waals surface area contributed by atoms with Gasteiger partial charge in [-0.25, -0.2) is 0 Å². The number of rotatable bonds is 6. The van der Waals surface area contributed by atoms with Crippen molar-refractivity contribution in [2.45, 2.75) is 32.7 Å². The summed E-state index contributed by atoms with van der Waals surface area (Å²) in [7, 11) is 0. The summed E-state index contributed by atoms with van der Waals surface area (Å²) in [5, 5.41) is 14.9. The average Bonchev–Trinajstić information content (AvgIpc) is 2.81. The smallest absolute Gasteiger partial charge is 0.143 e. The number of hydrogen-bond acceptors (Lipinski definition) is 4. The summed E-state index contributed by atoms with van der Waals surface area (Å²) in [5.74, 6) is 0.372. The molecule has 0 radical (unpaired) electrons. The molecule has 0 aromatic heterocycles. The predicted molar refractivity (Wildman–Crippen MR) is 65.7 cm³/mol. The van der Waals surface area contributed by atoms with E-state index in [1.807, 2.05) is 6.92 Å². The molecule has 1 heterocycles. The van der Waals surface area contributed by atoms with Gasteiger partial charge in [-0.05, 0) is 32.9 Å². The SMILES string of the molecule is CC(CNCC(C)N1CCCC1)C(N)=NO. The predicted octanol–water partition coefficient (Wildman–Crippen LogP) is 0.443. The molecule has 5 nitrogen and oxygen atoms in total. The maximum atomic E-state index is 8.51. The van der Waals surface area contributed by atoms with Crippen LogP contribution in [0.2, 0.25) is 0 Å². The third-order valence-electron chi connectivity index (χ3n) is 3.27. The summed E-state index contributed by atoms with van der Waals surface area (Å²) in [6, 6.07) is 0.571. The van der Waals surface area contributed by atoms with E-state index in [1.54, 1.807) is 0 Å². The Morgan fingerprint density at radius 1 is 1.38 bits per heavy atom. The zero-order chi connectivity index (χ0) is 12.0. The monoisotopic (exact) mass is 228 g/mol. The van der Waals surface area contributed by atoms with Gasteiger partial charge < -0.3 is 16.3 Å².